The Kier molecular flexibility index (Phi) is 139. The number of hydrogen-bond donors (Lipinski definition) is 0. The van der Waals surface area contributed by atoms with Gasteiger partial charge in [-0.3, -0.25) is 7.32 Å². The topological polar surface area (TPSA) is 132 Å². The van der Waals surface area contributed by atoms with Crippen molar-refractivity contribution in [3.05, 3.63) is 0 Å². The molecule has 0 fully saturated rings. The van der Waals surface area contributed by atoms with E-state index in [0.717, 1.165) is 0 Å². The Balaban J connectivity index is -0.00000000450. The Labute approximate surface area is 120 Å². The molecule has 0 amide bonds. The van der Waals surface area contributed by atoms with Crippen LogP contribution in [0, 0.1) is 0 Å². The summed E-state index contributed by atoms with van der Waals surface area (Å²) in [7, 11) is -2.92. The first kappa shape index (κ1) is 40.7. The zero-order chi connectivity index (χ0) is 3.58. The zero-order valence-corrected chi connectivity index (χ0v) is 11.8. The minimum Gasteiger partial charge on any atom is -0.907 e. The predicted octanol–water partition coefficient (Wildman–Crippen LogP) is -14.6. The van der Waals surface area contributed by atoms with Crippen LogP contribution in [0.3, 0.4) is 0 Å². The summed E-state index contributed by atoms with van der Waals surface area (Å²) in [5.74, 6) is 0. The first-order valence-electron chi connectivity index (χ1n) is 0.707. The van der Waals surface area contributed by atoms with E-state index in [1.807, 2.05) is 0 Å². The molecule has 5 nitrogen and oxygen atoms in total. The van der Waals surface area contributed by atoms with Gasteiger partial charge in [0.25, 0.3) is 0 Å². The summed E-state index contributed by atoms with van der Waals surface area (Å²) in [6.45, 7) is 0. The average Bonchev–Trinajstić information content (AvgIpc) is 0.811. The molecule has 0 aliphatic carbocycles. The maximum Gasteiger partial charge on any atom is 1.00 e. The van der Waals surface area contributed by atoms with Gasteiger partial charge in [0.05, 0.1) is 0 Å². The second-order valence-electron chi connectivity index (χ2n) is 0.289. The fraction of sp³-hybridized carbons (Fsp3) is 0. The van der Waals surface area contributed by atoms with E-state index >= 15 is 0 Å². The molecule has 0 saturated carbocycles. The smallest absolute Gasteiger partial charge is 0.907 e. The standard InChI is InChI=1S/BO3.3Na.2H2O/c2-1(3)4;;;;;/h;;;;2*1H2/q-3;3*+1;;. The fourth-order valence-electron chi connectivity index (χ4n) is 0. The van der Waals surface area contributed by atoms with Gasteiger partial charge in [0.15, 0.2) is 0 Å². The summed E-state index contributed by atoms with van der Waals surface area (Å²) in [5, 5.41) is 25.2. The maximum absolute atomic E-state index is 8.42. The molecule has 9 heavy (non-hydrogen) atoms. The molecule has 0 aliphatic rings. The van der Waals surface area contributed by atoms with Crippen molar-refractivity contribution in [1.82, 2.24) is 0 Å². The van der Waals surface area contributed by atoms with Crippen molar-refractivity contribution in [2.45, 2.75) is 0 Å². The van der Waals surface area contributed by atoms with Crippen molar-refractivity contribution < 1.29 is 115 Å². The summed E-state index contributed by atoms with van der Waals surface area (Å²) in [5.41, 5.74) is 0. The third-order valence-electron chi connectivity index (χ3n) is 0. The summed E-state index contributed by atoms with van der Waals surface area (Å²) in [4.78, 5) is 0. The molecule has 0 heterocycles. The zero-order valence-electron chi connectivity index (χ0n) is 5.80. The molecule has 0 aliphatic heterocycles. The summed E-state index contributed by atoms with van der Waals surface area (Å²) in [6.07, 6.45) is 0. The molecule has 0 rings (SSSR count). The molecule has 0 aromatic carbocycles. The Morgan fingerprint density at radius 2 is 0.667 bits per heavy atom. The molecule has 0 aromatic heterocycles. The van der Waals surface area contributed by atoms with Gasteiger partial charge in [0.2, 0.25) is 0 Å². The predicted molar refractivity (Wildman–Crippen MR) is 13.0 cm³/mol. The molecule has 0 bridgehead atoms. The Morgan fingerprint density at radius 1 is 0.667 bits per heavy atom. The first-order valence-corrected chi connectivity index (χ1v) is 0.707. The van der Waals surface area contributed by atoms with Crippen molar-refractivity contribution in [3.8, 4) is 0 Å². The van der Waals surface area contributed by atoms with Crippen LogP contribution in [-0.4, -0.2) is 18.3 Å². The number of hydrogen-bond acceptors (Lipinski definition) is 3. The molecular weight excluding hydrogens is 160 g/mol. The molecule has 0 unspecified atom stereocenters. The summed E-state index contributed by atoms with van der Waals surface area (Å²) < 4.78 is 0. The van der Waals surface area contributed by atoms with Crippen LogP contribution in [0.2, 0.25) is 0 Å². The quantitative estimate of drug-likeness (QED) is 0.329. The van der Waals surface area contributed by atoms with E-state index in [-0.39, 0.29) is 99.6 Å². The fourth-order valence-corrected chi connectivity index (χ4v) is 0. The normalized spacial score (nSPS) is 3.00. The van der Waals surface area contributed by atoms with E-state index in [9.17, 15) is 0 Å². The average molecular weight is 164 g/mol. The van der Waals surface area contributed by atoms with Crippen LogP contribution >= 0.6 is 0 Å². The van der Waals surface area contributed by atoms with Gasteiger partial charge >= 0.3 is 88.7 Å². The van der Waals surface area contributed by atoms with Crippen molar-refractivity contribution in [2.24, 2.45) is 0 Å². The van der Waals surface area contributed by atoms with Gasteiger partial charge in [-0.1, -0.05) is 0 Å². The van der Waals surface area contributed by atoms with Crippen LogP contribution in [-0.2, 0) is 0 Å². The van der Waals surface area contributed by atoms with E-state index in [1.54, 1.807) is 0 Å². The molecule has 0 saturated heterocycles. The van der Waals surface area contributed by atoms with Crippen molar-refractivity contribution in [3.63, 3.8) is 0 Å². The van der Waals surface area contributed by atoms with Gasteiger partial charge in [0, 0.05) is 0 Å². The van der Waals surface area contributed by atoms with E-state index in [4.69, 9.17) is 15.1 Å². The Bertz CT molecular complexity index is 16.9. The molecule has 0 spiro atoms. The minimum absolute atomic E-state index is 0. The molecular formula is H4BNa3O5. The van der Waals surface area contributed by atoms with Gasteiger partial charge in [-0.25, -0.2) is 0 Å². The van der Waals surface area contributed by atoms with E-state index in [0.29, 0.717) is 0 Å². The van der Waals surface area contributed by atoms with Gasteiger partial charge in [-0.05, 0) is 0 Å². The van der Waals surface area contributed by atoms with Crippen LogP contribution in [0.1, 0.15) is 0 Å². The van der Waals surface area contributed by atoms with Crippen LogP contribution in [0.25, 0.3) is 0 Å². The molecule has 4 N–H and O–H groups in total. The summed E-state index contributed by atoms with van der Waals surface area (Å²) in [6, 6.07) is 0. The third kappa shape index (κ3) is 104. The molecule has 9 heteroatoms. The van der Waals surface area contributed by atoms with Crippen molar-refractivity contribution >= 4 is 7.32 Å². The van der Waals surface area contributed by atoms with Crippen LogP contribution in [0.4, 0.5) is 0 Å². The molecule has 0 radical (unpaired) electrons. The van der Waals surface area contributed by atoms with Gasteiger partial charge in [0.1, 0.15) is 0 Å². The number of rotatable bonds is 0. The summed E-state index contributed by atoms with van der Waals surface area (Å²) >= 11 is 0. The van der Waals surface area contributed by atoms with Crippen molar-refractivity contribution in [1.29, 1.82) is 0 Å². The monoisotopic (exact) mass is 164 g/mol. The second-order valence-corrected chi connectivity index (χ2v) is 0.289. The Morgan fingerprint density at radius 3 is 0.667 bits per heavy atom. The van der Waals surface area contributed by atoms with E-state index in [1.165, 1.54) is 0 Å². The van der Waals surface area contributed by atoms with E-state index < -0.39 is 7.32 Å². The van der Waals surface area contributed by atoms with Gasteiger partial charge in [-0.15, -0.1) is 0 Å². The third-order valence-corrected chi connectivity index (χ3v) is 0. The first-order chi connectivity index (χ1) is 1.73. The Hall–Kier alpha value is 2.86. The van der Waals surface area contributed by atoms with Crippen LogP contribution in [0.15, 0.2) is 0 Å². The van der Waals surface area contributed by atoms with Crippen LogP contribution < -0.4 is 104 Å². The van der Waals surface area contributed by atoms with Gasteiger partial charge in [-0.2, -0.15) is 0 Å². The maximum atomic E-state index is 8.42. The van der Waals surface area contributed by atoms with E-state index in [2.05, 4.69) is 0 Å². The second kappa shape index (κ2) is 30.7. The minimum atomic E-state index is -2.92. The van der Waals surface area contributed by atoms with Gasteiger partial charge < -0.3 is 26.0 Å². The molecule has 40 valence electrons. The largest absolute Gasteiger partial charge is 1.00 e. The van der Waals surface area contributed by atoms with Crippen LogP contribution in [0.5, 0.6) is 0 Å². The molecule has 0 aromatic rings. The van der Waals surface area contributed by atoms with Crippen molar-refractivity contribution in [2.75, 3.05) is 0 Å². The SMILES string of the molecule is O.O.[Na+].[Na+].[Na+].[O-]B([O-])[O-]. The molecule has 0 atom stereocenters.